The molecular formula is C14H19NO3. The van der Waals surface area contributed by atoms with Gasteiger partial charge in [-0.05, 0) is 31.4 Å². The lowest BCUT2D eigenvalue weighted by Crippen LogP contribution is -2.43. The second kappa shape index (κ2) is 4.35. The number of nitrogens with two attached hydrogens (primary N) is 1. The third-order valence-electron chi connectivity index (χ3n) is 3.85. The van der Waals surface area contributed by atoms with Crippen LogP contribution in [0.5, 0.6) is 17.2 Å². The molecule has 1 aromatic carbocycles. The third-order valence-corrected chi connectivity index (χ3v) is 3.85. The Kier molecular flexibility index (Phi) is 2.82. The number of benzene rings is 1. The molecule has 4 heteroatoms. The van der Waals surface area contributed by atoms with Crippen LogP contribution < -0.4 is 19.9 Å². The number of fused-ring (bicyclic) bond motifs is 1. The van der Waals surface area contributed by atoms with Crippen molar-refractivity contribution in [2.75, 3.05) is 20.3 Å². The van der Waals surface area contributed by atoms with Gasteiger partial charge in [0.1, 0.15) is 0 Å². The third kappa shape index (κ3) is 1.72. The zero-order chi connectivity index (χ0) is 12.6. The minimum Gasteiger partial charge on any atom is -0.492 e. The summed E-state index contributed by atoms with van der Waals surface area (Å²) in [5.74, 6) is 2.22. The van der Waals surface area contributed by atoms with Crippen LogP contribution in [0.25, 0.3) is 0 Å². The van der Waals surface area contributed by atoms with Gasteiger partial charge < -0.3 is 19.9 Å². The van der Waals surface area contributed by atoms with Gasteiger partial charge in [-0.15, -0.1) is 0 Å². The van der Waals surface area contributed by atoms with E-state index in [1.807, 2.05) is 12.1 Å². The van der Waals surface area contributed by atoms with Crippen LogP contribution in [0, 0.1) is 0 Å². The van der Waals surface area contributed by atoms with Gasteiger partial charge in [0.15, 0.2) is 11.5 Å². The molecule has 18 heavy (non-hydrogen) atoms. The maximum Gasteiger partial charge on any atom is 0.203 e. The average Bonchev–Trinajstić information content (AvgIpc) is 2.59. The van der Waals surface area contributed by atoms with Crippen molar-refractivity contribution in [2.45, 2.75) is 31.2 Å². The maximum absolute atomic E-state index is 6.40. The number of rotatable bonds is 2. The predicted molar refractivity (Wildman–Crippen MR) is 68.3 cm³/mol. The van der Waals surface area contributed by atoms with E-state index < -0.39 is 0 Å². The van der Waals surface area contributed by atoms with Crippen molar-refractivity contribution < 1.29 is 14.2 Å². The van der Waals surface area contributed by atoms with E-state index >= 15 is 0 Å². The van der Waals surface area contributed by atoms with E-state index in [-0.39, 0.29) is 5.54 Å². The van der Waals surface area contributed by atoms with Gasteiger partial charge in [-0.2, -0.15) is 0 Å². The molecule has 0 radical (unpaired) electrons. The zero-order valence-electron chi connectivity index (χ0n) is 10.7. The molecule has 0 saturated heterocycles. The second-order valence-electron chi connectivity index (χ2n) is 5.03. The lowest BCUT2D eigenvalue weighted by atomic mass is 9.72. The number of hydrogen-bond acceptors (Lipinski definition) is 4. The first-order valence-electron chi connectivity index (χ1n) is 6.50. The molecular weight excluding hydrogens is 230 g/mol. The standard InChI is InChI=1S/C14H19NO3/c1-16-12-10(14(15)6-2-7-14)4-5-11-13(12)18-9-3-8-17-11/h4-5H,2-3,6-9,15H2,1H3. The van der Waals surface area contributed by atoms with Gasteiger partial charge in [0.05, 0.1) is 20.3 Å². The molecule has 1 heterocycles. The SMILES string of the molecule is COc1c(C2(N)CCC2)ccc2c1OCCCO2. The molecule has 1 aliphatic carbocycles. The minimum absolute atomic E-state index is 0.254. The smallest absolute Gasteiger partial charge is 0.203 e. The number of methoxy groups -OCH3 is 1. The van der Waals surface area contributed by atoms with Gasteiger partial charge in [-0.25, -0.2) is 0 Å². The first-order chi connectivity index (χ1) is 8.74. The van der Waals surface area contributed by atoms with Crippen LogP contribution >= 0.6 is 0 Å². The fourth-order valence-electron chi connectivity index (χ4n) is 2.63. The summed E-state index contributed by atoms with van der Waals surface area (Å²) in [6.45, 7) is 1.34. The number of hydrogen-bond donors (Lipinski definition) is 1. The molecule has 0 unspecified atom stereocenters. The Bertz CT molecular complexity index is 455. The Labute approximate surface area is 107 Å². The molecule has 0 amide bonds. The highest BCUT2D eigenvalue weighted by atomic mass is 16.5. The Morgan fingerprint density at radius 1 is 1.17 bits per heavy atom. The van der Waals surface area contributed by atoms with Crippen LogP contribution in [0.1, 0.15) is 31.2 Å². The summed E-state index contributed by atoms with van der Waals surface area (Å²) in [7, 11) is 1.66. The molecule has 0 aromatic heterocycles. The summed E-state index contributed by atoms with van der Waals surface area (Å²) in [6, 6.07) is 3.97. The van der Waals surface area contributed by atoms with Crippen LogP contribution in [0.3, 0.4) is 0 Å². The Morgan fingerprint density at radius 3 is 2.61 bits per heavy atom. The molecule has 1 aliphatic heterocycles. The first-order valence-corrected chi connectivity index (χ1v) is 6.50. The number of ether oxygens (including phenoxy) is 3. The largest absolute Gasteiger partial charge is 0.492 e. The van der Waals surface area contributed by atoms with Crippen molar-refractivity contribution in [1.82, 2.24) is 0 Å². The molecule has 1 fully saturated rings. The van der Waals surface area contributed by atoms with Crippen molar-refractivity contribution in [1.29, 1.82) is 0 Å². The highest BCUT2D eigenvalue weighted by Crippen LogP contribution is 2.49. The molecule has 0 atom stereocenters. The molecule has 0 spiro atoms. The Hall–Kier alpha value is -1.42. The molecule has 98 valence electrons. The lowest BCUT2D eigenvalue weighted by molar-refractivity contribution is 0.237. The quantitative estimate of drug-likeness (QED) is 0.873. The van der Waals surface area contributed by atoms with E-state index in [0.29, 0.717) is 19.0 Å². The van der Waals surface area contributed by atoms with Gasteiger partial charge in [0.25, 0.3) is 0 Å². The van der Waals surface area contributed by atoms with E-state index in [0.717, 1.165) is 36.3 Å². The van der Waals surface area contributed by atoms with Crippen LogP contribution in [-0.2, 0) is 5.54 Å². The highest BCUT2D eigenvalue weighted by molar-refractivity contribution is 5.58. The van der Waals surface area contributed by atoms with Gasteiger partial charge >= 0.3 is 0 Å². The van der Waals surface area contributed by atoms with Crippen molar-refractivity contribution in [2.24, 2.45) is 5.73 Å². The molecule has 0 bridgehead atoms. The topological polar surface area (TPSA) is 53.7 Å². The second-order valence-corrected chi connectivity index (χ2v) is 5.03. The van der Waals surface area contributed by atoms with Crippen LogP contribution in [0.15, 0.2) is 12.1 Å². The van der Waals surface area contributed by atoms with Crippen molar-refractivity contribution in [3.8, 4) is 17.2 Å². The summed E-state index contributed by atoms with van der Waals surface area (Å²) in [5, 5.41) is 0. The summed E-state index contributed by atoms with van der Waals surface area (Å²) in [6.07, 6.45) is 4.07. The highest BCUT2D eigenvalue weighted by Gasteiger charge is 2.38. The van der Waals surface area contributed by atoms with E-state index in [4.69, 9.17) is 19.9 Å². The van der Waals surface area contributed by atoms with E-state index in [2.05, 4.69) is 0 Å². The van der Waals surface area contributed by atoms with Gasteiger partial charge in [0.2, 0.25) is 5.75 Å². The summed E-state index contributed by atoms with van der Waals surface area (Å²) in [5.41, 5.74) is 7.18. The molecule has 1 aromatic rings. The van der Waals surface area contributed by atoms with E-state index in [1.165, 1.54) is 6.42 Å². The minimum atomic E-state index is -0.254. The van der Waals surface area contributed by atoms with Gasteiger partial charge in [-0.1, -0.05) is 0 Å². The molecule has 1 saturated carbocycles. The van der Waals surface area contributed by atoms with Crippen LogP contribution in [0.4, 0.5) is 0 Å². The van der Waals surface area contributed by atoms with Crippen molar-refractivity contribution in [3.05, 3.63) is 17.7 Å². The van der Waals surface area contributed by atoms with Crippen LogP contribution in [-0.4, -0.2) is 20.3 Å². The predicted octanol–water partition coefficient (Wildman–Crippen LogP) is 2.19. The lowest BCUT2D eigenvalue weighted by Gasteiger charge is -2.39. The molecule has 2 aliphatic rings. The summed E-state index contributed by atoms with van der Waals surface area (Å²) < 4.78 is 17.0. The molecule has 3 rings (SSSR count). The maximum atomic E-state index is 6.40. The normalized spacial score (nSPS) is 20.8. The van der Waals surface area contributed by atoms with Gasteiger partial charge in [-0.3, -0.25) is 0 Å². The average molecular weight is 249 g/mol. The van der Waals surface area contributed by atoms with E-state index in [9.17, 15) is 0 Å². The zero-order valence-corrected chi connectivity index (χ0v) is 10.7. The van der Waals surface area contributed by atoms with Crippen molar-refractivity contribution in [3.63, 3.8) is 0 Å². The fraction of sp³-hybridized carbons (Fsp3) is 0.571. The van der Waals surface area contributed by atoms with Gasteiger partial charge in [0, 0.05) is 17.5 Å². The van der Waals surface area contributed by atoms with Crippen LogP contribution in [0.2, 0.25) is 0 Å². The fourth-order valence-corrected chi connectivity index (χ4v) is 2.63. The summed E-state index contributed by atoms with van der Waals surface area (Å²) >= 11 is 0. The van der Waals surface area contributed by atoms with Crippen molar-refractivity contribution >= 4 is 0 Å². The monoisotopic (exact) mass is 249 g/mol. The molecule has 2 N–H and O–H groups in total. The Balaban J connectivity index is 2.08. The summed E-state index contributed by atoms with van der Waals surface area (Å²) in [4.78, 5) is 0. The van der Waals surface area contributed by atoms with E-state index in [1.54, 1.807) is 7.11 Å². The molecule has 4 nitrogen and oxygen atoms in total. The Morgan fingerprint density at radius 2 is 1.94 bits per heavy atom. The first kappa shape index (κ1) is 11.7.